The van der Waals surface area contributed by atoms with Crippen LogP contribution in [0, 0.1) is 11.3 Å². The standard InChI is InChI=1S/C28H41N3O4S/c1-16(2)20(14-17(3)26(34)35)30-24(32)22(27(4,5)6)31-25(33)23(29-9)28(7,8)19-15-36-21-13-11-10-12-18(19)21/h10-16,20,22-23,29H,1-9H3,(H,30,32)(H,31,33)(H,34,35)/b17-14+/t20-,22-,23?/m1/s1. The summed E-state index contributed by atoms with van der Waals surface area (Å²) in [6.45, 7) is 15.1. The summed E-state index contributed by atoms with van der Waals surface area (Å²) in [5.74, 6) is -1.69. The third kappa shape index (κ3) is 6.73. The zero-order valence-electron chi connectivity index (χ0n) is 22.9. The number of aliphatic carboxylic acids is 1. The Kier molecular flexibility index (Phi) is 9.48. The average Bonchev–Trinajstić information content (AvgIpc) is 3.21. The van der Waals surface area contributed by atoms with E-state index in [4.69, 9.17) is 0 Å². The number of hydrogen-bond donors (Lipinski definition) is 4. The second-order valence-electron chi connectivity index (χ2n) is 11.3. The van der Waals surface area contributed by atoms with E-state index < -0.39 is 34.9 Å². The molecule has 0 fully saturated rings. The summed E-state index contributed by atoms with van der Waals surface area (Å²) in [6, 6.07) is 6.23. The molecule has 36 heavy (non-hydrogen) atoms. The van der Waals surface area contributed by atoms with Gasteiger partial charge in [0.25, 0.3) is 0 Å². The van der Waals surface area contributed by atoms with Gasteiger partial charge in [-0.1, -0.05) is 72.7 Å². The molecule has 4 N–H and O–H groups in total. The highest BCUT2D eigenvalue weighted by atomic mass is 32.1. The Morgan fingerprint density at radius 3 is 2.08 bits per heavy atom. The molecule has 2 amide bonds. The van der Waals surface area contributed by atoms with Gasteiger partial charge in [0, 0.05) is 15.7 Å². The molecule has 0 aliphatic heterocycles. The SMILES string of the molecule is CNC(C(=O)N[C@H](C(=O)N[C@H](/C=C(\C)C(=O)O)C(C)C)C(C)(C)C)C(C)(C)c1csc2ccccc12. The molecule has 8 heteroatoms. The first kappa shape index (κ1) is 29.5. The maximum atomic E-state index is 13.7. The Morgan fingerprint density at radius 1 is 0.972 bits per heavy atom. The number of thiophene rings is 1. The van der Waals surface area contributed by atoms with Crippen LogP contribution < -0.4 is 16.0 Å². The van der Waals surface area contributed by atoms with Crippen LogP contribution >= 0.6 is 11.3 Å². The maximum Gasteiger partial charge on any atom is 0.331 e. The molecule has 0 aliphatic carbocycles. The number of carboxylic acids is 1. The summed E-state index contributed by atoms with van der Waals surface area (Å²) in [4.78, 5) is 38.4. The molecule has 1 aromatic heterocycles. The summed E-state index contributed by atoms with van der Waals surface area (Å²) in [6.07, 6.45) is 1.55. The first-order valence-corrected chi connectivity index (χ1v) is 13.2. The quantitative estimate of drug-likeness (QED) is 0.349. The fraction of sp³-hybridized carbons (Fsp3) is 0.536. The van der Waals surface area contributed by atoms with Gasteiger partial charge in [0.15, 0.2) is 0 Å². The number of carboxylic acid groups (broad SMARTS) is 1. The summed E-state index contributed by atoms with van der Waals surface area (Å²) in [7, 11) is 1.75. The molecule has 7 nitrogen and oxygen atoms in total. The Bertz CT molecular complexity index is 1130. The van der Waals surface area contributed by atoms with Crippen molar-refractivity contribution in [1.29, 1.82) is 0 Å². The van der Waals surface area contributed by atoms with Crippen molar-refractivity contribution < 1.29 is 19.5 Å². The molecule has 0 radical (unpaired) electrons. The zero-order chi connectivity index (χ0) is 27.4. The van der Waals surface area contributed by atoms with E-state index in [0.717, 1.165) is 15.6 Å². The number of hydrogen-bond acceptors (Lipinski definition) is 5. The number of likely N-dealkylation sites (N-methyl/N-ethyl adjacent to an activating group) is 1. The largest absolute Gasteiger partial charge is 0.478 e. The van der Waals surface area contributed by atoms with Crippen molar-refractivity contribution >= 4 is 39.2 Å². The van der Waals surface area contributed by atoms with Crippen molar-refractivity contribution in [1.82, 2.24) is 16.0 Å². The summed E-state index contributed by atoms with van der Waals surface area (Å²) in [5.41, 5.74) is 0.0950. The molecule has 0 aliphatic rings. The van der Waals surface area contributed by atoms with E-state index in [1.54, 1.807) is 24.5 Å². The predicted molar refractivity (Wildman–Crippen MR) is 147 cm³/mol. The lowest BCUT2D eigenvalue weighted by Gasteiger charge is -2.37. The second-order valence-corrected chi connectivity index (χ2v) is 12.2. The molecule has 1 unspecified atom stereocenters. The van der Waals surface area contributed by atoms with Crippen molar-refractivity contribution in [2.75, 3.05) is 7.05 Å². The topological polar surface area (TPSA) is 108 Å². The molecule has 0 saturated heterocycles. The molecule has 0 spiro atoms. The minimum Gasteiger partial charge on any atom is -0.478 e. The fourth-order valence-corrected chi connectivity index (χ4v) is 5.48. The Hall–Kier alpha value is -2.71. The highest BCUT2D eigenvalue weighted by Gasteiger charge is 2.41. The van der Waals surface area contributed by atoms with Gasteiger partial charge < -0.3 is 21.1 Å². The van der Waals surface area contributed by atoms with E-state index in [1.165, 1.54) is 6.92 Å². The van der Waals surface area contributed by atoms with Crippen molar-refractivity contribution in [2.45, 2.75) is 78.9 Å². The van der Waals surface area contributed by atoms with Crippen LogP contribution in [0.3, 0.4) is 0 Å². The smallest absolute Gasteiger partial charge is 0.331 e. The van der Waals surface area contributed by atoms with E-state index in [1.807, 2.05) is 60.6 Å². The summed E-state index contributed by atoms with van der Waals surface area (Å²) in [5, 5.41) is 21.6. The van der Waals surface area contributed by atoms with Gasteiger partial charge in [-0.25, -0.2) is 4.79 Å². The van der Waals surface area contributed by atoms with Gasteiger partial charge in [-0.3, -0.25) is 9.59 Å². The molecular weight excluding hydrogens is 474 g/mol. The van der Waals surface area contributed by atoms with Crippen LogP contribution in [0.15, 0.2) is 41.3 Å². The number of carbonyl (C=O) groups is 3. The summed E-state index contributed by atoms with van der Waals surface area (Å²) < 4.78 is 1.16. The lowest BCUT2D eigenvalue weighted by atomic mass is 9.76. The minimum absolute atomic E-state index is 0.0320. The van der Waals surface area contributed by atoms with Crippen LogP contribution in [0.2, 0.25) is 0 Å². The maximum absolute atomic E-state index is 13.7. The number of nitrogens with one attached hydrogen (secondary N) is 3. The predicted octanol–water partition coefficient (Wildman–Crippen LogP) is 4.47. The van der Waals surface area contributed by atoms with Gasteiger partial charge in [-0.2, -0.15) is 0 Å². The lowest BCUT2D eigenvalue weighted by molar-refractivity contribution is -0.133. The van der Waals surface area contributed by atoms with Gasteiger partial charge in [0.2, 0.25) is 11.8 Å². The van der Waals surface area contributed by atoms with Gasteiger partial charge in [0.05, 0.1) is 12.1 Å². The summed E-state index contributed by atoms with van der Waals surface area (Å²) >= 11 is 1.65. The van der Waals surface area contributed by atoms with Crippen LogP contribution in [0.1, 0.15) is 61.0 Å². The van der Waals surface area contributed by atoms with E-state index in [2.05, 4.69) is 33.5 Å². The van der Waals surface area contributed by atoms with Crippen LogP contribution in [-0.4, -0.2) is 48.1 Å². The average molecular weight is 516 g/mol. The third-order valence-electron chi connectivity index (χ3n) is 6.66. The Balaban J connectivity index is 2.33. The van der Waals surface area contributed by atoms with E-state index in [-0.39, 0.29) is 23.3 Å². The van der Waals surface area contributed by atoms with Crippen molar-refractivity contribution in [2.24, 2.45) is 11.3 Å². The molecule has 3 atom stereocenters. The Labute approximate surface area is 218 Å². The van der Waals surface area contributed by atoms with Gasteiger partial charge in [-0.05, 0) is 47.7 Å². The van der Waals surface area contributed by atoms with E-state index in [0.29, 0.717) is 0 Å². The van der Waals surface area contributed by atoms with Gasteiger partial charge in [-0.15, -0.1) is 11.3 Å². The molecule has 1 aromatic carbocycles. The normalized spacial score (nSPS) is 15.4. The monoisotopic (exact) mass is 515 g/mol. The molecule has 1 heterocycles. The first-order chi connectivity index (χ1) is 16.6. The van der Waals surface area contributed by atoms with Crippen molar-refractivity contribution in [3.63, 3.8) is 0 Å². The molecule has 198 valence electrons. The van der Waals surface area contributed by atoms with Crippen molar-refractivity contribution in [3.05, 3.63) is 46.9 Å². The lowest BCUT2D eigenvalue weighted by Crippen LogP contribution is -2.61. The molecule has 2 aromatic rings. The van der Waals surface area contributed by atoms with Crippen LogP contribution in [0.5, 0.6) is 0 Å². The van der Waals surface area contributed by atoms with Crippen LogP contribution in [-0.2, 0) is 19.8 Å². The minimum atomic E-state index is -1.03. The third-order valence-corrected chi connectivity index (χ3v) is 7.62. The number of fused-ring (bicyclic) bond motifs is 1. The number of amides is 2. The zero-order valence-corrected chi connectivity index (χ0v) is 23.7. The van der Waals surface area contributed by atoms with Gasteiger partial charge >= 0.3 is 5.97 Å². The highest BCUT2D eigenvalue weighted by molar-refractivity contribution is 7.17. The van der Waals surface area contributed by atoms with Gasteiger partial charge in [0.1, 0.15) is 6.04 Å². The highest BCUT2D eigenvalue weighted by Crippen LogP contribution is 2.37. The number of carbonyl (C=O) groups excluding carboxylic acids is 2. The van der Waals surface area contributed by atoms with Crippen molar-refractivity contribution in [3.8, 4) is 0 Å². The van der Waals surface area contributed by atoms with Crippen LogP contribution in [0.25, 0.3) is 10.1 Å². The fourth-order valence-electron chi connectivity index (χ4n) is 4.34. The molecule has 0 saturated carbocycles. The van der Waals surface area contributed by atoms with E-state index in [9.17, 15) is 19.5 Å². The molecule has 0 bridgehead atoms. The second kappa shape index (κ2) is 11.6. The first-order valence-electron chi connectivity index (χ1n) is 12.3. The molecular formula is C28H41N3O4S. The molecule has 2 rings (SSSR count). The number of rotatable bonds is 10. The number of benzene rings is 1. The van der Waals surface area contributed by atoms with E-state index >= 15 is 0 Å². The van der Waals surface area contributed by atoms with Crippen LogP contribution in [0.4, 0.5) is 0 Å². The Morgan fingerprint density at radius 2 is 1.56 bits per heavy atom.